The Hall–Kier alpha value is -4.39. The lowest BCUT2D eigenvalue weighted by Crippen LogP contribution is -2.25. The average molecular weight is 505 g/mol. The van der Waals surface area contributed by atoms with Gasteiger partial charge < -0.3 is 14.0 Å². The van der Waals surface area contributed by atoms with E-state index in [4.69, 9.17) is 19.6 Å². The summed E-state index contributed by atoms with van der Waals surface area (Å²) in [7, 11) is 0. The Balaban J connectivity index is 1.30. The molecular weight excluding hydrogens is 476 g/mol. The van der Waals surface area contributed by atoms with Gasteiger partial charge in [-0.2, -0.15) is 9.78 Å². The van der Waals surface area contributed by atoms with E-state index in [9.17, 15) is 4.79 Å². The molecule has 5 aromatic rings. The van der Waals surface area contributed by atoms with Gasteiger partial charge >= 0.3 is 0 Å². The highest BCUT2D eigenvalue weighted by Crippen LogP contribution is 2.34. The molecule has 0 spiro atoms. The number of fused-ring (bicyclic) bond motifs is 3. The van der Waals surface area contributed by atoms with Crippen molar-refractivity contribution < 1.29 is 9.47 Å². The average Bonchev–Trinajstić information content (AvgIpc) is 3.57. The Bertz CT molecular complexity index is 1740. The van der Waals surface area contributed by atoms with Crippen molar-refractivity contribution in [2.45, 2.75) is 44.6 Å². The minimum absolute atomic E-state index is 0.114. The van der Waals surface area contributed by atoms with Crippen LogP contribution in [0.1, 0.15) is 55.0 Å². The van der Waals surface area contributed by atoms with Crippen LogP contribution < -0.4 is 15.0 Å². The summed E-state index contributed by atoms with van der Waals surface area (Å²) in [4.78, 5) is 18.5. The summed E-state index contributed by atoms with van der Waals surface area (Å²) < 4.78 is 14.8. The molecule has 190 valence electrons. The quantitative estimate of drug-likeness (QED) is 0.273. The standard InChI is InChI=1S/C31H28N4O3/c36-31-25-11-4-6-12-26(25)33-30(22-8-2-1-3-9-22)35(31)32-17-23-19-34(27-13-7-5-10-24(23)27)18-21-14-15-28-29(16-21)38-20-37-28/h4-7,10-17,19,22H,1-3,8-9,18,20H2. The van der Waals surface area contributed by atoms with Crippen molar-refractivity contribution in [3.63, 3.8) is 0 Å². The zero-order valence-electron chi connectivity index (χ0n) is 21.0. The Morgan fingerprint density at radius 3 is 2.61 bits per heavy atom. The zero-order chi connectivity index (χ0) is 25.5. The summed E-state index contributed by atoms with van der Waals surface area (Å²) in [5.74, 6) is 2.57. The molecule has 1 aliphatic carbocycles. The summed E-state index contributed by atoms with van der Waals surface area (Å²) in [5, 5.41) is 6.46. The highest BCUT2D eigenvalue weighted by atomic mass is 16.7. The van der Waals surface area contributed by atoms with Crippen molar-refractivity contribution in [3.8, 4) is 11.5 Å². The van der Waals surface area contributed by atoms with Gasteiger partial charge in [-0.3, -0.25) is 4.79 Å². The van der Waals surface area contributed by atoms with Crippen molar-refractivity contribution in [1.82, 2.24) is 14.2 Å². The van der Waals surface area contributed by atoms with E-state index in [2.05, 4.69) is 29.0 Å². The molecule has 1 aliphatic heterocycles. The lowest BCUT2D eigenvalue weighted by atomic mass is 9.88. The molecule has 38 heavy (non-hydrogen) atoms. The van der Waals surface area contributed by atoms with Crippen molar-refractivity contribution in [2.24, 2.45) is 5.10 Å². The normalized spacial score (nSPS) is 15.7. The molecule has 2 aliphatic rings. The first kappa shape index (κ1) is 22.8. The first-order valence-corrected chi connectivity index (χ1v) is 13.3. The maximum atomic E-state index is 13.6. The molecule has 2 aromatic heterocycles. The summed E-state index contributed by atoms with van der Waals surface area (Å²) in [6.45, 7) is 0.938. The van der Waals surface area contributed by atoms with Crippen LogP contribution in [0.4, 0.5) is 0 Å². The van der Waals surface area contributed by atoms with Crippen LogP contribution in [-0.4, -0.2) is 27.2 Å². The summed E-state index contributed by atoms with van der Waals surface area (Å²) in [5.41, 5.74) is 3.80. The molecule has 0 radical (unpaired) electrons. The van der Waals surface area contributed by atoms with Crippen LogP contribution in [-0.2, 0) is 6.54 Å². The topological polar surface area (TPSA) is 70.6 Å². The highest BCUT2D eigenvalue weighted by molar-refractivity contribution is 5.99. The predicted octanol–water partition coefficient (Wildman–Crippen LogP) is 6.06. The highest BCUT2D eigenvalue weighted by Gasteiger charge is 2.22. The number of aromatic nitrogens is 3. The fourth-order valence-electron chi connectivity index (χ4n) is 5.74. The second-order valence-corrected chi connectivity index (χ2v) is 10.1. The van der Waals surface area contributed by atoms with Gasteiger partial charge in [0.2, 0.25) is 6.79 Å². The minimum atomic E-state index is -0.114. The van der Waals surface area contributed by atoms with Gasteiger partial charge in [-0.15, -0.1) is 0 Å². The third-order valence-electron chi connectivity index (χ3n) is 7.67. The van der Waals surface area contributed by atoms with Crippen molar-refractivity contribution >= 4 is 28.0 Å². The maximum absolute atomic E-state index is 13.6. The van der Waals surface area contributed by atoms with E-state index in [-0.39, 0.29) is 18.3 Å². The van der Waals surface area contributed by atoms with Crippen LogP contribution in [0.3, 0.4) is 0 Å². The molecule has 1 saturated carbocycles. The molecule has 0 N–H and O–H groups in total. The maximum Gasteiger partial charge on any atom is 0.282 e. The van der Waals surface area contributed by atoms with Crippen LogP contribution in [0.5, 0.6) is 11.5 Å². The van der Waals surface area contributed by atoms with E-state index < -0.39 is 0 Å². The number of para-hydroxylation sites is 2. The summed E-state index contributed by atoms with van der Waals surface area (Å²) >= 11 is 0. The minimum Gasteiger partial charge on any atom is -0.454 e. The molecule has 7 heteroatoms. The smallest absolute Gasteiger partial charge is 0.282 e. The van der Waals surface area contributed by atoms with Crippen LogP contribution >= 0.6 is 0 Å². The van der Waals surface area contributed by atoms with E-state index in [1.807, 2.05) is 54.7 Å². The molecule has 0 bridgehead atoms. The van der Waals surface area contributed by atoms with Crippen LogP contribution in [0, 0.1) is 0 Å². The fourth-order valence-corrected chi connectivity index (χ4v) is 5.74. The SMILES string of the molecule is O=c1c2ccccc2nc(C2CCCCC2)n1N=Cc1cn(Cc2ccc3c(c2)OCO3)c2ccccc12. The third-order valence-corrected chi connectivity index (χ3v) is 7.67. The number of hydrogen-bond donors (Lipinski definition) is 0. The summed E-state index contributed by atoms with van der Waals surface area (Å²) in [6, 6.07) is 21.9. The van der Waals surface area contributed by atoms with Gasteiger partial charge in [0.25, 0.3) is 5.56 Å². The van der Waals surface area contributed by atoms with Gasteiger partial charge in [-0.25, -0.2) is 4.98 Å². The lowest BCUT2D eigenvalue weighted by molar-refractivity contribution is 0.174. The van der Waals surface area contributed by atoms with Gasteiger partial charge in [0.15, 0.2) is 11.5 Å². The number of hydrogen-bond acceptors (Lipinski definition) is 5. The van der Waals surface area contributed by atoms with Crippen LogP contribution in [0.25, 0.3) is 21.8 Å². The Kier molecular flexibility index (Phi) is 5.69. The molecular formula is C31H28N4O3. The molecule has 7 nitrogen and oxygen atoms in total. The molecule has 0 unspecified atom stereocenters. The monoisotopic (exact) mass is 504 g/mol. The molecule has 3 aromatic carbocycles. The van der Waals surface area contributed by atoms with Gasteiger partial charge in [0.05, 0.1) is 17.1 Å². The number of ether oxygens (including phenoxy) is 2. The van der Waals surface area contributed by atoms with E-state index in [1.165, 1.54) is 6.42 Å². The van der Waals surface area contributed by atoms with Crippen molar-refractivity contribution in [2.75, 3.05) is 6.79 Å². The van der Waals surface area contributed by atoms with Crippen LogP contribution in [0.2, 0.25) is 0 Å². The van der Waals surface area contributed by atoms with E-state index >= 15 is 0 Å². The van der Waals surface area contributed by atoms with Gasteiger partial charge in [0.1, 0.15) is 5.82 Å². The van der Waals surface area contributed by atoms with Gasteiger partial charge in [-0.1, -0.05) is 55.7 Å². The Labute approximate surface area is 220 Å². The van der Waals surface area contributed by atoms with Crippen molar-refractivity contribution in [1.29, 1.82) is 0 Å². The zero-order valence-corrected chi connectivity index (χ0v) is 21.0. The molecule has 0 atom stereocenters. The molecule has 3 heterocycles. The number of rotatable bonds is 5. The largest absolute Gasteiger partial charge is 0.454 e. The lowest BCUT2D eigenvalue weighted by Gasteiger charge is -2.22. The second kappa shape index (κ2) is 9.49. The van der Waals surface area contributed by atoms with Gasteiger partial charge in [0, 0.05) is 35.1 Å². The first-order valence-electron chi connectivity index (χ1n) is 13.3. The third kappa shape index (κ3) is 4.04. The molecule has 0 amide bonds. The number of benzene rings is 3. The number of nitrogens with zero attached hydrogens (tertiary/aromatic N) is 4. The van der Waals surface area contributed by atoms with Crippen LogP contribution in [0.15, 0.2) is 82.8 Å². The van der Waals surface area contributed by atoms with Gasteiger partial charge in [-0.05, 0) is 48.7 Å². The Morgan fingerprint density at radius 2 is 1.71 bits per heavy atom. The molecule has 7 rings (SSSR count). The van der Waals surface area contributed by atoms with Crippen molar-refractivity contribution in [3.05, 3.63) is 100 Å². The fraction of sp³-hybridized carbons (Fsp3) is 0.258. The van der Waals surface area contributed by atoms with E-state index in [0.29, 0.717) is 11.9 Å². The Morgan fingerprint density at radius 1 is 0.921 bits per heavy atom. The molecule has 0 saturated heterocycles. The predicted molar refractivity (Wildman–Crippen MR) is 148 cm³/mol. The van der Waals surface area contributed by atoms with E-state index in [1.54, 1.807) is 4.68 Å². The van der Waals surface area contributed by atoms with E-state index in [0.717, 1.165) is 70.6 Å². The molecule has 1 fully saturated rings. The first-order chi connectivity index (χ1) is 18.7. The summed E-state index contributed by atoms with van der Waals surface area (Å²) in [6.07, 6.45) is 9.53. The second-order valence-electron chi connectivity index (χ2n) is 10.1.